The second-order valence-electron chi connectivity index (χ2n) is 5.18. The fourth-order valence-electron chi connectivity index (χ4n) is 2.63. The number of rotatable bonds is 2. The fraction of sp³-hybridized carbons (Fsp3) is 0.222. The summed E-state index contributed by atoms with van der Waals surface area (Å²) in [6.07, 6.45) is 0. The molecule has 0 aliphatic carbocycles. The van der Waals surface area contributed by atoms with Crippen molar-refractivity contribution in [2.45, 2.75) is 26.1 Å². The lowest BCUT2D eigenvalue weighted by Gasteiger charge is -2.29. The van der Waals surface area contributed by atoms with Gasteiger partial charge in [-0.2, -0.15) is 0 Å². The SMILES string of the molecule is CC1=C(C)N(c2ccccc2C)C(c2ccccc2)S1. The van der Waals surface area contributed by atoms with Crippen LogP contribution in [0.1, 0.15) is 30.3 Å². The molecule has 1 nitrogen and oxygen atoms in total. The Morgan fingerprint density at radius 2 is 1.50 bits per heavy atom. The highest BCUT2D eigenvalue weighted by Crippen LogP contribution is 2.49. The summed E-state index contributed by atoms with van der Waals surface area (Å²) in [5.74, 6) is 0. The van der Waals surface area contributed by atoms with E-state index >= 15 is 0 Å². The number of allylic oxidation sites excluding steroid dienone is 2. The van der Waals surface area contributed by atoms with Gasteiger partial charge in [-0.15, -0.1) is 0 Å². The molecule has 0 aromatic heterocycles. The highest BCUT2D eigenvalue weighted by molar-refractivity contribution is 8.03. The minimum Gasteiger partial charge on any atom is -0.327 e. The third kappa shape index (κ3) is 2.25. The molecular weight excluding hydrogens is 262 g/mol. The molecule has 0 fully saturated rings. The van der Waals surface area contributed by atoms with E-state index < -0.39 is 0 Å². The lowest BCUT2D eigenvalue weighted by molar-refractivity contribution is 0.902. The van der Waals surface area contributed by atoms with Crippen molar-refractivity contribution in [2.24, 2.45) is 0 Å². The van der Waals surface area contributed by atoms with Gasteiger partial charge in [0.1, 0.15) is 5.37 Å². The van der Waals surface area contributed by atoms with Crippen molar-refractivity contribution in [3.63, 3.8) is 0 Å². The topological polar surface area (TPSA) is 3.24 Å². The van der Waals surface area contributed by atoms with Gasteiger partial charge < -0.3 is 4.90 Å². The number of anilines is 1. The maximum absolute atomic E-state index is 2.46. The zero-order valence-electron chi connectivity index (χ0n) is 12.1. The molecule has 0 saturated carbocycles. The van der Waals surface area contributed by atoms with E-state index in [0.717, 1.165) is 0 Å². The molecule has 0 bridgehead atoms. The molecule has 0 saturated heterocycles. The summed E-state index contributed by atoms with van der Waals surface area (Å²) in [4.78, 5) is 3.87. The van der Waals surface area contributed by atoms with Crippen molar-refractivity contribution >= 4 is 17.4 Å². The van der Waals surface area contributed by atoms with Crippen molar-refractivity contribution in [1.29, 1.82) is 0 Å². The molecule has 1 aliphatic rings. The molecule has 2 aromatic carbocycles. The van der Waals surface area contributed by atoms with Crippen molar-refractivity contribution in [3.05, 3.63) is 76.3 Å². The normalized spacial score (nSPS) is 18.8. The predicted molar refractivity (Wildman–Crippen MR) is 88.8 cm³/mol. The monoisotopic (exact) mass is 281 g/mol. The average Bonchev–Trinajstić information content (AvgIpc) is 2.77. The Hall–Kier alpha value is -1.67. The van der Waals surface area contributed by atoms with Gasteiger partial charge in [-0.25, -0.2) is 0 Å². The molecule has 0 radical (unpaired) electrons. The van der Waals surface area contributed by atoms with Gasteiger partial charge in [-0.05, 0) is 38.0 Å². The first-order chi connectivity index (χ1) is 9.68. The third-order valence-corrected chi connectivity index (χ3v) is 5.21. The number of thioether (sulfide) groups is 1. The van der Waals surface area contributed by atoms with Crippen LogP contribution in [0.25, 0.3) is 0 Å². The quantitative estimate of drug-likeness (QED) is 0.715. The Balaban J connectivity index is 2.07. The summed E-state index contributed by atoms with van der Waals surface area (Å²) in [6.45, 7) is 6.62. The van der Waals surface area contributed by atoms with Crippen molar-refractivity contribution < 1.29 is 0 Å². The Labute approximate surface area is 125 Å². The van der Waals surface area contributed by atoms with E-state index in [1.165, 1.54) is 27.4 Å². The van der Waals surface area contributed by atoms with Gasteiger partial charge >= 0.3 is 0 Å². The van der Waals surface area contributed by atoms with Crippen LogP contribution in [0.3, 0.4) is 0 Å². The van der Waals surface area contributed by atoms with E-state index in [-0.39, 0.29) is 0 Å². The molecule has 20 heavy (non-hydrogen) atoms. The molecule has 2 heteroatoms. The number of aryl methyl sites for hydroxylation is 1. The van der Waals surface area contributed by atoms with Crippen molar-refractivity contribution in [1.82, 2.24) is 0 Å². The standard InChI is InChI=1S/C18H19NS/c1-13-9-7-8-12-17(13)19-14(2)15(3)20-18(19)16-10-5-4-6-11-16/h4-12,18H,1-3H3. The Bertz CT molecular complexity index is 645. The summed E-state index contributed by atoms with van der Waals surface area (Å²) in [7, 11) is 0. The number of benzene rings is 2. The van der Waals surface area contributed by atoms with Crippen LogP contribution in [0.15, 0.2) is 65.2 Å². The van der Waals surface area contributed by atoms with Gasteiger partial charge in [0.25, 0.3) is 0 Å². The van der Waals surface area contributed by atoms with E-state index in [4.69, 9.17) is 0 Å². The maximum Gasteiger partial charge on any atom is 0.109 e. The van der Waals surface area contributed by atoms with E-state index in [2.05, 4.69) is 80.3 Å². The van der Waals surface area contributed by atoms with Gasteiger partial charge in [0.2, 0.25) is 0 Å². The maximum atomic E-state index is 2.46. The number of para-hydroxylation sites is 1. The van der Waals surface area contributed by atoms with Gasteiger partial charge in [0.05, 0.1) is 0 Å². The van der Waals surface area contributed by atoms with Crippen LogP contribution >= 0.6 is 11.8 Å². The second kappa shape index (κ2) is 5.37. The second-order valence-corrected chi connectivity index (χ2v) is 6.47. The molecule has 0 spiro atoms. The van der Waals surface area contributed by atoms with Crippen LogP contribution in [0, 0.1) is 6.92 Å². The zero-order chi connectivity index (χ0) is 14.1. The molecule has 1 aliphatic heterocycles. The Morgan fingerprint density at radius 3 is 2.20 bits per heavy atom. The van der Waals surface area contributed by atoms with E-state index in [9.17, 15) is 0 Å². The summed E-state index contributed by atoms with van der Waals surface area (Å²) in [5, 5.41) is 0.345. The minimum atomic E-state index is 0.345. The molecule has 1 unspecified atom stereocenters. The van der Waals surface area contributed by atoms with Crippen LogP contribution in [0.2, 0.25) is 0 Å². The van der Waals surface area contributed by atoms with Crippen LogP contribution in [-0.4, -0.2) is 0 Å². The third-order valence-electron chi connectivity index (χ3n) is 3.85. The first kappa shape index (κ1) is 13.3. The largest absolute Gasteiger partial charge is 0.327 e. The highest BCUT2D eigenvalue weighted by atomic mass is 32.2. The molecular formula is C18H19NS. The van der Waals surface area contributed by atoms with Gasteiger partial charge in [-0.1, -0.05) is 60.3 Å². The molecule has 1 heterocycles. The van der Waals surface area contributed by atoms with Crippen LogP contribution < -0.4 is 4.90 Å². The average molecular weight is 281 g/mol. The number of hydrogen-bond acceptors (Lipinski definition) is 2. The molecule has 0 amide bonds. The van der Waals surface area contributed by atoms with Crippen LogP contribution in [0.4, 0.5) is 5.69 Å². The van der Waals surface area contributed by atoms with Gasteiger partial charge in [0.15, 0.2) is 0 Å². The Morgan fingerprint density at radius 1 is 0.850 bits per heavy atom. The summed E-state index contributed by atoms with van der Waals surface area (Å²) in [5.41, 5.74) is 5.35. The van der Waals surface area contributed by atoms with E-state index in [1.54, 1.807) is 0 Å². The van der Waals surface area contributed by atoms with Gasteiger partial charge in [-0.3, -0.25) is 0 Å². The molecule has 2 aromatic rings. The van der Waals surface area contributed by atoms with Crippen molar-refractivity contribution in [2.75, 3.05) is 4.90 Å². The lowest BCUT2D eigenvalue weighted by atomic mass is 10.1. The van der Waals surface area contributed by atoms with Gasteiger partial charge in [0, 0.05) is 16.3 Å². The number of hydrogen-bond donors (Lipinski definition) is 0. The Kier molecular flexibility index (Phi) is 3.58. The van der Waals surface area contributed by atoms with Crippen LogP contribution in [-0.2, 0) is 0 Å². The molecule has 0 N–H and O–H groups in total. The number of nitrogens with zero attached hydrogens (tertiary/aromatic N) is 1. The van der Waals surface area contributed by atoms with E-state index in [0.29, 0.717) is 5.37 Å². The zero-order valence-corrected chi connectivity index (χ0v) is 12.9. The molecule has 102 valence electrons. The minimum absolute atomic E-state index is 0.345. The predicted octanol–water partition coefficient (Wildman–Crippen LogP) is 5.50. The van der Waals surface area contributed by atoms with Crippen LogP contribution in [0.5, 0.6) is 0 Å². The lowest BCUT2D eigenvalue weighted by Crippen LogP contribution is -2.21. The summed E-state index contributed by atoms with van der Waals surface area (Å²) in [6, 6.07) is 19.4. The van der Waals surface area contributed by atoms with E-state index in [1.807, 2.05) is 11.8 Å². The first-order valence-electron chi connectivity index (χ1n) is 6.92. The first-order valence-corrected chi connectivity index (χ1v) is 7.80. The molecule has 1 atom stereocenters. The molecule has 3 rings (SSSR count). The summed E-state index contributed by atoms with van der Waals surface area (Å²) >= 11 is 1.94. The highest BCUT2D eigenvalue weighted by Gasteiger charge is 2.31. The smallest absolute Gasteiger partial charge is 0.109 e. The van der Waals surface area contributed by atoms with Crippen molar-refractivity contribution in [3.8, 4) is 0 Å². The fourth-order valence-corrected chi connectivity index (χ4v) is 3.90. The summed E-state index contributed by atoms with van der Waals surface area (Å²) < 4.78 is 0.